The number of nitrogens with zero attached hydrogens (tertiary/aromatic N) is 2. The standard InChI is InChI=1S/C37H46N4O3/c1-23-19-24(2)34(25(3)20-23)39-35(43)37(14-16-40(7)17-15-37)41(22-27-11-10-18-44-27)31(42)21-29-33(36(29,5)6)32-26(4)38-30-13-9-8-12-28(30)32/h8-13,18-20,29,33,38H,14-17,21-22H2,1-7H3,(H,39,43)/t29-,33+/m0/s1. The summed E-state index contributed by atoms with van der Waals surface area (Å²) in [5, 5.41) is 4.54. The topological polar surface area (TPSA) is 81.6 Å². The Kier molecular flexibility index (Phi) is 7.73. The molecule has 2 aromatic heterocycles. The molecule has 0 spiro atoms. The third-order valence-electron chi connectivity index (χ3n) is 10.6. The predicted molar refractivity (Wildman–Crippen MR) is 176 cm³/mol. The van der Waals surface area contributed by atoms with Gasteiger partial charge in [0.2, 0.25) is 11.8 Å². The summed E-state index contributed by atoms with van der Waals surface area (Å²) in [6.45, 7) is 14.5. The molecule has 7 heteroatoms. The molecule has 0 unspecified atom stereocenters. The first-order valence-electron chi connectivity index (χ1n) is 15.9. The summed E-state index contributed by atoms with van der Waals surface area (Å²) in [6.07, 6.45) is 3.14. The van der Waals surface area contributed by atoms with Gasteiger partial charge in [0.05, 0.1) is 12.8 Å². The Bertz CT molecular complexity index is 1670. The lowest BCUT2D eigenvalue weighted by Gasteiger charge is -2.47. The average molecular weight is 595 g/mol. The first-order valence-corrected chi connectivity index (χ1v) is 15.9. The van der Waals surface area contributed by atoms with E-state index in [1.807, 2.05) is 30.9 Å². The monoisotopic (exact) mass is 594 g/mol. The van der Waals surface area contributed by atoms with Gasteiger partial charge in [-0.2, -0.15) is 0 Å². The summed E-state index contributed by atoms with van der Waals surface area (Å²) in [6, 6.07) is 16.4. The molecule has 7 nitrogen and oxygen atoms in total. The lowest BCUT2D eigenvalue weighted by Crippen LogP contribution is -2.63. The molecule has 1 saturated carbocycles. The maximum Gasteiger partial charge on any atom is 0.250 e. The van der Waals surface area contributed by atoms with Crippen molar-refractivity contribution < 1.29 is 14.0 Å². The minimum atomic E-state index is -0.995. The van der Waals surface area contributed by atoms with Gasteiger partial charge in [-0.1, -0.05) is 49.7 Å². The molecule has 44 heavy (non-hydrogen) atoms. The zero-order valence-electron chi connectivity index (χ0n) is 27.2. The highest BCUT2D eigenvalue weighted by atomic mass is 16.3. The molecule has 4 aromatic rings. The van der Waals surface area contributed by atoms with Crippen LogP contribution in [0.4, 0.5) is 5.69 Å². The quantitative estimate of drug-likeness (QED) is 0.225. The second-order valence-corrected chi connectivity index (χ2v) is 13.9. The van der Waals surface area contributed by atoms with E-state index in [-0.39, 0.29) is 35.6 Å². The van der Waals surface area contributed by atoms with Crippen molar-refractivity contribution in [2.45, 2.75) is 78.8 Å². The largest absolute Gasteiger partial charge is 0.467 e. The molecular weight excluding hydrogens is 548 g/mol. The van der Waals surface area contributed by atoms with Crippen LogP contribution in [0.2, 0.25) is 0 Å². The fourth-order valence-corrected chi connectivity index (χ4v) is 7.95. The lowest BCUT2D eigenvalue weighted by molar-refractivity contribution is -0.150. The van der Waals surface area contributed by atoms with Crippen molar-refractivity contribution in [3.05, 3.63) is 88.5 Å². The van der Waals surface area contributed by atoms with E-state index < -0.39 is 5.54 Å². The number of carbonyl (C=O) groups is 2. The molecule has 2 N–H and O–H groups in total. The average Bonchev–Trinajstić information content (AvgIpc) is 3.34. The fraction of sp³-hybridized carbons (Fsp3) is 0.459. The number of fused-ring (bicyclic) bond motifs is 1. The van der Waals surface area contributed by atoms with Crippen molar-refractivity contribution in [1.82, 2.24) is 14.8 Å². The number of amides is 2. The molecule has 0 bridgehead atoms. The number of rotatable bonds is 8. The van der Waals surface area contributed by atoms with Crippen LogP contribution in [-0.2, 0) is 16.1 Å². The predicted octanol–water partition coefficient (Wildman–Crippen LogP) is 7.26. The summed E-state index contributed by atoms with van der Waals surface area (Å²) >= 11 is 0. The normalized spacial score (nSPS) is 20.9. The Morgan fingerprint density at radius 3 is 2.36 bits per heavy atom. The first-order chi connectivity index (χ1) is 20.9. The van der Waals surface area contributed by atoms with E-state index in [0.29, 0.717) is 25.0 Å². The van der Waals surface area contributed by atoms with E-state index in [0.717, 1.165) is 41.0 Å². The van der Waals surface area contributed by atoms with Crippen LogP contribution in [0.1, 0.15) is 72.7 Å². The van der Waals surface area contributed by atoms with E-state index in [9.17, 15) is 9.59 Å². The molecule has 1 aliphatic heterocycles. The third-order valence-corrected chi connectivity index (χ3v) is 10.6. The van der Waals surface area contributed by atoms with Crippen LogP contribution in [-0.4, -0.2) is 52.3 Å². The van der Waals surface area contributed by atoms with E-state index >= 15 is 0 Å². The molecule has 2 atom stereocenters. The Labute approximate surface area is 261 Å². The molecule has 6 rings (SSSR count). The van der Waals surface area contributed by atoms with Gasteiger partial charge in [0.15, 0.2) is 0 Å². The van der Waals surface area contributed by atoms with E-state index in [4.69, 9.17) is 4.42 Å². The maximum atomic E-state index is 14.7. The van der Waals surface area contributed by atoms with Crippen LogP contribution in [0.15, 0.2) is 59.2 Å². The van der Waals surface area contributed by atoms with Crippen molar-refractivity contribution in [1.29, 1.82) is 0 Å². The summed E-state index contributed by atoms with van der Waals surface area (Å²) in [5.41, 5.74) is 6.64. The first kappa shape index (κ1) is 30.2. The smallest absolute Gasteiger partial charge is 0.250 e. The number of nitrogens with one attached hydrogen (secondary N) is 2. The van der Waals surface area contributed by atoms with Gasteiger partial charge in [-0.05, 0) is 99.7 Å². The van der Waals surface area contributed by atoms with Crippen molar-refractivity contribution in [2.24, 2.45) is 11.3 Å². The van der Waals surface area contributed by atoms with Crippen molar-refractivity contribution in [3.63, 3.8) is 0 Å². The van der Waals surface area contributed by atoms with Crippen molar-refractivity contribution in [2.75, 3.05) is 25.5 Å². The number of aromatic nitrogens is 1. The maximum absolute atomic E-state index is 14.7. The Morgan fingerprint density at radius 2 is 1.70 bits per heavy atom. The fourth-order valence-electron chi connectivity index (χ4n) is 7.95. The highest BCUT2D eigenvalue weighted by Gasteiger charge is 2.61. The molecule has 1 saturated heterocycles. The van der Waals surface area contributed by atoms with Crippen LogP contribution < -0.4 is 5.32 Å². The zero-order valence-corrected chi connectivity index (χ0v) is 27.2. The SMILES string of the molecule is Cc1cc(C)c(NC(=O)C2(N(Cc3ccco3)C(=O)C[C@H]3[C@H](c4c(C)[nH]c5ccccc45)C3(C)C)CCN(C)CC2)c(C)c1. The summed E-state index contributed by atoms with van der Waals surface area (Å²) < 4.78 is 5.79. The van der Waals surface area contributed by atoms with Crippen molar-refractivity contribution in [3.8, 4) is 0 Å². The summed E-state index contributed by atoms with van der Waals surface area (Å²) in [4.78, 5) is 36.9. The number of furan rings is 1. The highest BCUT2D eigenvalue weighted by molar-refractivity contribution is 6.01. The minimum Gasteiger partial charge on any atom is -0.467 e. The van der Waals surface area contributed by atoms with Crippen LogP contribution in [0.25, 0.3) is 10.9 Å². The number of para-hydroxylation sites is 1. The number of benzene rings is 2. The van der Waals surface area contributed by atoms with Gasteiger partial charge < -0.3 is 24.5 Å². The van der Waals surface area contributed by atoms with Crippen LogP contribution in [0.3, 0.4) is 0 Å². The van der Waals surface area contributed by atoms with Crippen LogP contribution in [0, 0.1) is 39.0 Å². The molecule has 2 amide bonds. The van der Waals surface area contributed by atoms with Gasteiger partial charge in [0.25, 0.3) is 0 Å². The van der Waals surface area contributed by atoms with Gasteiger partial charge >= 0.3 is 0 Å². The zero-order chi connectivity index (χ0) is 31.4. The summed E-state index contributed by atoms with van der Waals surface area (Å²) in [7, 11) is 2.08. The number of hydrogen-bond donors (Lipinski definition) is 2. The molecule has 3 heterocycles. The Balaban J connectivity index is 1.35. The second kappa shape index (κ2) is 11.3. The third kappa shape index (κ3) is 5.25. The molecule has 2 aliphatic rings. The number of H-pyrrole nitrogens is 1. The number of aryl methyl sites for hydroxylation is 4. The van der Waals surface area contributed by atoms with E-state index in [1.54, 1.807) is 6.26 Å². The number of piperidine rings is 1. The minimum absolute atomic E-state index is 0.0107. The van der Waals surface area contributed by atoms with Gasteiger partial charge in [-0.3, -0.25) is 9.59 Å². The summed E-state index contributed by atoms with van der Waals surface area (Å²) in [5.74, 6) is 1.01. The second-order valence-electron chi connectivity index (χ2n) is 13.9. The number of anilines is 1. The molecule has 0 radical (unpaired) electrons. The van der Waals surface area contributed by atoms with Gasteiger partial charge in [-0.25, -0.2) is 0 Å². The molecule has 1 aliphatic carbocycles. The van der Waals surface area contributed by atoms with Gasteiger partial charge in [-0.15, -0.1) is 0 Å². The number of likely N-dealkylation sites (tertiary alicyclic amines) is 1. The van der Waals surface area contributed by atoms with Gasteiger partial charge in [0.1, 0.15) is 11.3 Å². The lowest BCUT2D eigenvalue weighted by atomic mass is 9.83. The highest BCUT2D eigenvalue weighted by Crippen LogP contribution is 2.67. The molecule has 232 valence electrons. The Hall–Kier alpha value is -3.84. The van der Waals surface area contributed by atoms with Crippen molar-refractivity contribution >= 4 is 28.4 Å². The number of carbonyl (C=O) groups excluding carboxylic acids is 2. The number of hydrogen-bond acceptors (Lipinski definition) is 4. The van der Waals surface area contributed by atoms with E-state index in [2.05, 4.69) is 86.3 Å². The molecule has 2 aromatic carbocycles. The Morgan fingerprint density at radius 1 is 1.02 bits per heavy atom. The molecular formula is C37H46N4O3. The van der Waals surface area contributed by atoms with E-state index in [1.165, 1.54) is 16.6 Å². The van der Waals surface area contributed by atoms with Crippen LogP contribution in [0.5, 0.6) is 0 Å². The van der Waals surface area contributed by atoms with Gasteiger partial charge in [0, 0.05) is 41.8 Å². The number of aromatic amines is 1. The molecule has 2 fully saturated rings. The van der Waals surface area contributed by atoms with Crippen LogP contribution >= 0.6 is 0 Å².